The Hall–Kier alpha value is -2.15. The van der Waals surface area contributed by atoms with Crippen LogP contribution in [0.4, 0.5) is 5.13 Å². The molecule has 5 rings (SSSR count). The molecule has 4 aliphatic rings. The minimum Gasteiger partial charge on any atom is -0.477 e. The van der Waals surface area contributed by atoms with E-state index in [4.69, 9.17) is 4.74 Å². The first-order chi connectivity index (χ1) is 15.3. The normalized spacial score (nSPS) is 26.7. The Balaban J connectivity index is 1.20. The summed E-state index contributed by atoms with van der Waals surface area (Å²) in [6.45, 7) is 5.20. The number of hydrogen-bond acceptors (Lipinski definition) is 9. The Kier molecular flexibility index (Phi) is 5.64. The lowest BCUT2D eigenvalue weighted by atomic mass is 9.83. The minimum atomic E-state index is -1.10. The third-order valence-corrected chi connectivity index (χ3v) is 8.51. The summed E-state index contributed by atoms with van der Waals surface area (Å²) < 4.78 is 5.29. The molecule has 0 aromatic carbocycles. The van der Waals surface area contributed by atoms with Crippen molar-refractivity contribution in [2.45, 2.75) is 30.7 Å². The Bertz CT molecular complexity index is 982. The molecule has 1 aromatic heterocycles. The summed E-state index contributed by atoms with van der Waals surface area (Å²) in [6.07, 6.45) is -0.318. The Morgan fingerprint density at radius 2 is 2.03 bits per heavy atom. The van der Waals surface area contributed by atoms with Crippen LogP contribution < -0.4 is 4.90 Å². The molecule has 2 N–H and O–H groups in total. The van der Waals surface area contributed by atoms with Crippen LogP contribution in [0.15, 0.2) is 16.0 Å². The third-order valence-electron chi connectivity index (χ3n) is 6.33. The van der Waals surface area contributed by atoms with Gasteiger partial charge < -0.3 is 29.6 Å². The molecule has 0 radical (unpaired) electrons. The lowest BCUT2D eigenvalue weighted by Crippen LogP contribution is -2.61. The molecule has 32 heavy (non-hydrogen) atoms. The molecular formula is C20H24N4O6S2. The van der Waals surface area contributed by atoms with Crippen LogP contribution in [0.2, 0.25) is 0 Å². The van der Waals surface area contributed by atoms with Crippen LogP contribution in [0.3, 0.4) is 0 Å². The van der Waals surface area contributed by atoms with Crippen molar-refractivity contribution in [1.82, 2.24) is 14.8 Å². The van der Waals surface area contributed by atoms with E-state index in [1.807, 2.05) is 0 Å². The van der Waals surface area contributed by atoms with Gasteiger partial charge in [0.2, 0.25) is 5.91 Å². The van der Waals surface area contributed by atoms with Gasteiger partial charge in [-0.15, -0.1) is 23.1 Å². The van der Waals surface area contributed by atoms with E-state index in [1.165, 1.54) is 28.0 Å². The Labute approximate surface area is 192 Å². The summed E-state index contributed by atoms with van der Waals surface area (Å²) in [6, 6.07) is -0.264. The number of aliphatic hydroxyl groups is 1. The van der Waals surface area contributed by atoms with Gasteiger partial charge in [-0.05, 0) is 6.92 Å². The summed E-state index contributed by atoms with van der Waals surface area (Å²) in [5.41, 5.74) is 0.509. The van der Waals surface area contributed by atoms with Crippen molar-refractivity contribution in [3.8, 4) is 0 Å². The molecular weight excluding hydrogens is 456 g/mol. The number of thioether (sulfide) groups is 1. The summed E-state index contributed by atoms with van der Waals surface area (Å²) in [4.78, 5) is 47.1. The second-order valence-corrected chi connectivity index (χ2v) is 10.6. The van der Waals surface area contributed by atoms with Crippen molar-refractivity contribution in [3.05, 3.63) is 21.7 Å². The molecule has 4 aliphatic heterocycles. The van der Waals surface area contributed by atoms with Gasteiger partial charge in [-0.1, -0.05) is 0 Å². The van der Waals surface area contributed by atoms with Gasteiger partial charge in [0.05, 0.1) is 31.3 Å². The molecule has 0 saturated carbocycles. The molecule has 3 atom stereocenters. The quantitative estimate of drug-likeness (QED) is 0.559. The van der Waals surface area contributed by atoms with Crippen LogP contribution in [0.1, 0.15) is 23.8 Å². The smallest absolute Gasteiger partial charge is 0.353 e. The highest BCUT2D eigenvalue weighted by molar-refractivity contribution is 8.03. The summed E-state index contributed by atoms with van der Waals surface area (Å²) in [7, 11) is 0. The minimum absolute atomic E-state index is 0.0630. The zero-order valence-electron chi connectivity index (χ0n) is 17.5. The number of amides is 2. The van der Waals surface area contributed by atoms with Gasteiger partial charge >= 0.3 is 5.97 Å². The second-order valence-electron chi connectivity index (χ2n) is 8.39. The number of carbonyl (C=O) groups is 3. The number of carbonyl (C=O) groups excluding carboxylic acids is 2. The molecule has 0 spiro atoms. The average Bonchev–Trinajstić information content (AvgIpc) is 3.33. The monoisotopic (exact) mass is 480 g/mol. The number of thiazole rings is 1. The van der Waals surface area contributed by atoms with Gasteiger partial charge in [0.15, 0.2) is 5.13 Å². The number of aromatic nitrogens is 1. The molecule has 10 nitrogen and oxygen atoms in total. The largest absolute Gasteiger partial charge is 0.477 e. The van der Waals surface area contributed by atoms with Crippen LogP contribution in [0.5, 0.6) is 0 Å². The van der Waals surface area contributed by atoms with Crippen molar-refractivity contribution in [2.75, 3.05) is 44.3 Å². The fraction of sp³-hybridized carbons (Fsp3) is 0.600. The predicted molar refractivity (Wildman–Crippen MR) is 118 cm³/mol. The molecule has 0 bridgehead atoms. The number of morpholine rings is 1. The van der Waals surface area contributed by atoms with Gasteiger partial charge in [-0.25, -0.2) is 9.78 Å². The van der Waals surface area contributed by atoms with Crippen LogP contribution in [-0.4, -0.2) is 99.6 Å². The fourth-order valence-electron chi connectivity index (χ4n) is 4.64. The SMILES string of the molecule is C[C@@H](O)[C@H]1C(=O)N2C(C(=O)O)=C(SC3CN(c4nc(C(=O)N5CCOCC5)cs4)C3)C[C@H]12. The number of carboxylic acids is 1. The highest BCUT2D eigenvalue weighted by atomic mass is 32.2. The molecule has 2 amide bonds. The number of hydrogen-bond donors (Lipinski definition) is 2. The van der Waals surface area contributed by atoms with Crippen molar-refractivity contribution in [2.24, 2.45) is 5.92 Å². The highest BCUT2D eigenvalue weighted by Gasteiger charge is 2.57. The molecule has 172 valence electrons. The first-order valence-electron chi connectivity index (χ1n) is 10.6. The molecule has 12 heteroatoms. The average molecular weight is 481 g/mol. The third kappa shape index (κ3) is 3.58. The number of rotatable bonds is 6. The van der Waals surface area contributed by atoms with Gasteiger partial charge in [0.1, 0.15) is 11.4 Å². The van der Waals surface area contributed by atoms with E-state index in [1.54, 1.807) is 17.2 Å². The van der Waals surface area contributed by atoms with Crippen molar-refractivity contribution in [1.29, 1.82) is 0 Å². The van der Waals surface area contributed by atoms with Gasteiger partial charge in [-0.3, -0.25) is 9.59 Å². The molecule has 0 aliphatic carbocycles. The van der Waals surface area contributed by atoms with Crippen molar-refractivity contribution >= 4 is 46.0 Å². The number of fused-ring (bicyclic) bond motifs is 1. The molecule has 5 heterocycles. The second kappa shape index (κ2) is 8.32. The zero-order chi connectivity index (χ0) is 22.6. The van der Waals surface area contributed by atoms with Crippen LogP contribution in [0.25, 0.3) is 0 Å². The maximum atomic E-state index is 12.6. The number of ether oxygens (including phenoxy) is 1. The van der Waals surface area contributed by atoms with E-state index in [2.05, 4.69) is 9.88 Å². The number of anilines is 1. The number of nitrogens with zero attached hydrogens (tertiary/aromatic N) is 4. The van der Waals surface area contributed by atoms with Crippen molar-refractivity contribution < 1.29 is 29.3 Å². The van der Waals surface area contributed by atoms with E-state index in [0.29, 0.717) is 56.4 Å². The van der Waals surface area contributed by atoms with Gasteiger partial charge in [-0.2, -0.15) is 0 Å². The van der Waals surface area contributed by atoms with Crippen molar-refractivity contribution in [3.63, 3.8) is 0 Å². The molecule has 3 fully saturated rings. The van der Waals surface area contributed by atoms with E-state index in [0.717, 1.165) is 5.13 Å². The number of aliphatic carboxylic acids is 1. The Morgan fingerprint density at radius 3 is 2.69 bits per heavy atom. The topological polar surface area (TPSA) is 124 Å². The lowest BCUT2D eigenvalue weighted by molar-refractivity contribution is -0.161. The number of aliphatic hydroxyl groups excluding tert-OH is 1. The Morgan fingerprint density at radius 1 is 1.31 bits per heavy atom. The maximum Gasteiger partial charge on any atom is 0.353 e. The van der Waals surface area contributed by atoms with Gasteiger partial charge in [0.25, 0.3) is 5.91 Å². The van der Waals surface area contributed by atoms with E-state index < -0.39 is 18.0 Å². The summed E-state index contributed by atoms with van der Waals surface area (Å²) in [5, 5.41) is 22.3. The summed E-state index contributed by atoms with van der Waals surface area (Å²) >= 11 is 2.93. The van der Waals surface area contributed by atoms with Crippen LogP contribution >= 0.6 is 23.1 Å². The standard InChI is InChI=1S/C20H24N4O6S2/c1-10(25)15-13-6-14(16(19(28)29)24(13)18(15)27)32-11-7-23(8-11)20-21-12(9-31-20)17(26)22-2-4-30-5-3-22/h9-11,13,15,25H,2-8H2,1H3,(H,28,29)/t10-,13-,15-/m1/s1. The molecule has 1 aromatic rings. The maximum absolute atomic E-state index is 12.6. The fourth-order valence-corrected chi connectivity index (χ4v) is 6.94. The summed E-state index contributed by atoms with van der Waals surface area (Å²) in [5.74, 6) is -2.02. The highest BCUT2D eigenvalue weighted by Crippen LogP contribution is 2.49. The zero-order valence-corrected chi connectivity index (χ0v) is 19.1. The van der Waals surface area contributed by atoms with E-state index in [-0.39, 0.29) is 28.8 Å². The van der Waals surface area contributed by atoms with Crippen LogP contribution in [-0.2, 0) is 14.3 Å². The van der Waals surface area contributed by atoms with Crippen LogP contribution in [0, 0.1) is 5.92 Å². The number of carboxylic acid groups (broad SMARTS) is 1. The van der Waals surface area contributed by atoms with Gasteiger partial charge in [0, 0.05) is 48.1 Å². The van der Waals surface area contributed by atoms with E-state index >= 15 is 0 Å². The first kappa shape index (κ1) is 21.7. The predicted octanol–water partition coefficient (Wildman–Crippen LogP) is 0.445. The number of β-lactam (4-membered cyclic amide) rings is 1. The van der Waals surface area contributed by atoms with E-state index in [9.17, 15) is 24.6 Å². The molecule has 0 unspecified atom stereocenters. The first-order valence-corrected chi connectivity index (χ1v) is 12.3. The lowest BCUT2D eigenvalue weighted by Gasteiger charge is -2.44. The molecule has 3 saturated heterocycles.